The summed E-state index contributed by atoms with van der Waals surface area (Å²) in [6, 6.07) is 21.4. The Bertz CT molecular complexity index is 579. The molecule has 0 aromatic heterocycles. The van der Waals surface area contributed by atoms with Crippen LogP contribution in [0.3, 0.4) is 0 Å². The third-order valence-corrected chi connectivity index (χ3v) is 6.59. The second-order valence-corrected chi connectivity index (χ2v) is 8.29. The van der Waals surface area contributed by atoms with Crippen molar-refractivity contribution in [1.82, 2.24) is 0 Å². The van der Waals surface area contributed by atoms with Gasteiger partial charge in [-0.05, 0) is 23.7 Å². The van der Waals surface area contributed by atoms with Crippen LogP contribution in [0.5, 0.6) is 0 Å². The van der Waals surface area contributed by atoms with E-state index in [1.54, 1.807) is 0 Å². The Balaban J connectivity index is 2.24. The van der Waals surface area contributed by atoms with Gasteiger partial charge in [0.2, 0.25) is 9.04 Å². The van der Waals surface area contributed by atoms with Gasteiger partial charge in [-0.2, -0.15) is 0 Å². The molecule has 24 heavy (non-hydrogen) atoms. The third kappa shape index (κ3) is 5.95. The van der Waals surface area contributed by atoms with Crippen molar-refractivity contribution in [3.8, 4) is 0 Å². The fourth-order valence-electron chi connectivity index (χ4n) is 2.69. The molecule has 2 aromatic carbocycles. The van der Waals surface area contributed by atoms with Crippen molar-refractivity contribution in [3.63, 3.8) is 0 Å². The van der Waals surface area contributed by atoms with Crippen molar-refractivity contribution < 1.29 is 4.43 Å². The first-order valence-electron chi connectivity index (χ1n) is 8.90. The molecule has 0 saturated carbocycles. The van der Waals surface area contributed by atoms with Crippen LogP contribution in [0, 0.1) is 0 Å². The van der Waals surface area contributed by atoms with Crippen LogP contribution in [0.4, 0.5) is 0 Å². The predicted octanol–water partition coefficient (Wildman–Crippen LogP) is 4.23. The zero-order valence-electron chi connectivity index (χ0n) is 14.8. The van der Waals surface area contributed by atoms with Crippen LogP contribution in [-0.4, -0.2) is 15.1 Å². The Morgan fingerprint density at radius 1 is 0.917 bits per heavy atom. The molecule has 1 atom stereocenters. The lowest BCUT2D eigenvalue weighted by atomic mass is 10.1. The van der Waals surface area contributed by atoms with Gasteiger partial charge in [0.15, 0.2) is 0 Å². The van der Waals surface area contributed by atoms with Crippen molar-refractivity contribution in [2.24, 2.45) is 0 Å². The maximum absolute atomic E-state index is 6.69. The van der Waals surface area contributed by atoms with Crippen LogP contribution in [0.1, 0.15) is 33.1 Å². The monoisotopic (exact) mass is 336 g/mol. The first kappa shape index (κ1) is 18.4. The van der Waals surface area contributed by atoms with Crippen LogP contribution < -0.4 is 10.4 Å². The molecule has 0 aliphatic heterocycles. The van der Waals surface area contributed by atoms with E-state index in [9.17, 15) is 0 Å². The molecule has 1 unspecified atom stereocenters. The lowest BCUT2D eigenvalue weighted by Crippen LogP contribution is -2.46. The first-order valence-corrected chi connectivity index (χ1v) is 10.5. The molecule has 0 bridgehead atoms. The summed E-state index contributed by atoms with van der Waals surface area (Å²) in [5, 5.41) is 2.68. The molecule has 126 valence electrons. The van der Waals surface area contributed by atoms with Crippen LogP contribution >= 0.6 is 0 Å². The lowest BCUT2D eigenvalue weighted by Gasteiger charge is -2.23. The minimum absolute atomic E-state index is 0.179. The Kier molecular flexibility index (Phi) is 8.29. The molecule has 0 fully saturated rings. The molecule has 2 heteroatoms. The van der Waals surface area contributed by atoms with E-state index in [-0.39, 0.29) is 6.10 Å². The van der Waals surface area contributed by atoms with Gasteiger partial charge in [0.05, 0.1) is 6.10 Å². The highest BCUT2D eigenvalue weighted by atomic mass is 28.3. The van der Waals surface area contributed by atoms with E-state index in [2.05, 4.69) is 91.9 Å². The quantitative estimate of drug-likeness (QED) is 0.492. The van der Waals surface area contributed by atoms with Crippen molar-refractivity contribution >= 4 is 19.4 Å². The fraction of sp³-hybridized carbons (Fsp3) is 0.273. The molecule has 0 radical (unpaired) electrons. The van der Waals surface area contributed by atoms with Crippen LogP contribution in [0.2, 0.25) is 0 Å². The number of benzene rings is 2. The molecular weight excluding hydrogens is 308 g/mol. The number of allylic oxidation sites excluding steroid dienone is 3. The van der Waals surface area contributed by atoms with Gasteiger partial charge in [0.1, 0.15) is 0 Å². The van der Waals surface area contributed by atoms with Gasteiger partial charge >= 0.3 is 0 Å². The normalized spacial score (nSPS) is 13.1. The smallest absolute Gasteiger partial charge is 0.240 e. The number of unbranched alkanes of at least 4 members (excludes halogenated alkanes) is 1. The molecule has 0 saturated heterocycles. The van der Waals surface area contributed by atoms with E-state index in [1.807, 2.05) is 6.92 Å². The largest absolute Gasteiger partial charge is 0.405 e. The van der Waals surface area contributed by atoms with Gasteiger partial charge in [0, 0.05) is 0 Å². The van der Waals surface area contributed by atoms with E-state index in [0.29, 0.717) is 0 Å². The average Bonchev–Trinajstić information content (AvgIpc) is 2.65. The standard InChI is InChI=1S/C22H28OSi/c1-3-5-9-15-20(14-6-4-2)23-24(21-16-10-7-11-17-21)22-18-12-8-13-19-22/h3,5,7-13,15-20,24H,4,6,14H2,1-2H3. The molecule has 0 aliphatic carbocycles. The van der Waals surface area contributed by atoms with E-state index >= 15 is 0 Å². The van der Waals surface area contributed by atoms with E-state index in [1.165, 1.54) is 23.2 Å². The summed E-state index contributed by atoms with van der Waals surface area (Å²) in [6.45, 7) is 4.27. The number of hydrogen-bond donors (Lipinski definition) is 0. The van der Waals surface area contributed by atoms with Gasteiger partial charge in [0.25, 0.3) is 0 Å². The van der Waals surface area contributed by atoms with Gasteiger partial charge in [-0.3, -0.25) is 0 Å². The molecular formula is C22H28OSi. The Morgan fingerprint density at radius 2 is 1.50 bits per heavy atom. The molecule has 0 N–H and O–H groups in total. The Labute approximate surface area is 148 Å². The van der Waals surface area contributed by atoms with Gasteiger partial charge in [-0.25, -0.2) is 0 Å². The molecule has 2 aromatic rings. The summed E-state index contributed by atoms with van der Waals surface area (Å²) in [6.07, 6.45) is 12.1. The lowest BCUT2D eigenvalue weighted by molar-refractivity contribution is 0.244. The summed E-state index contributed by atoms with van der Waals surface area (Å²) < 4.78 is 6.69. The molecule has 0 heterocycles. The number of hydrogen-bond acceptors (Lipinski definition) is 1. The molecule has 1 nitrogen and oxygen atoms in total. The van der Waals surface area contributed by atoms with Crippen molar-refractivity contribution in [1.29, 1.82) is 0 Å². The molecule has 0 aliphatic rings. The second kappa shape index (κ2) is 10.8. The molecule has 2 rings (SSSR count). The van der Waals surface area contributed by atoms with E-state index in [4.69, 9.17) is 4.43 Å². The first-order chi connectivity index (χ1) is 11.8. The van der Waals surface area contributed by atoms with Gasteiger partial charge in [-0.15, -0.1) is 0 Å². The number of rotatable bonds is 9. The summed E-state index contributed by atoms with van der Waals surface area (Å²) in [5.41, 5.74) is 0. The highest BCUT2D eigenvalue weighted by molar-refractivity contribution is 6.80. The van der Waals surface area contributed by atoms with E-state index in [0.717, 1.165) is 6.42 Å². The average molecular weight is 337 g/mol. The third-order valence-electron chi connectivity index (χ3n) is 3.99. The SMILES string of the molecule is CC=CC=CC(CCCC)O[SiH](c1ccccc1)c1ccccc1. The summed E-state index contributed by atoms with van der Waals surface area (Å²) in [5.74, 6) is 0. The zero-order chi connectivity index (χ0) is 17.0. The Hall–Kier alpha value is -1.90. The minimum Gasteiger partial charge on any atom is -0.405 e. The maximum Gasteiger partial charge on any atom is 0.240 e. The van der Waals surface area contributed by atoms with Crippen molar-refractivity contribution in [2.75, 3.05) is 0 Å². The van der Waals surface area contributed by atoms with Crippen LogP contribution in [-0.2, 0) is 4.43 Å². The Morgan fingerprint density at radius 3 is 2.00 bits per heavy atom. The van der Waals surface area contributed by atoms with Crippen molar-refractivity contribution in [2.45, 2.75) is 39.2 Å². The fourth-order valence-corrected chi connectivity index (χ4v) is 5.11. The summed E-state index contributed by atoms with van der Waals surface area (Å²) >= 11 is 0. The van der Waals surface area contributed by atoms with Gasteiger partial charge in [-0.1, -0.05) is 105 Å². The second-order valence-electron chi connectivity index (χ2n) is 5.93. The highest BCUT2D eigenvalue weighted by Crippen LogP contribution is 2.09. The topological polar surface area (TPSA) is 9.23 Å². The van der Waals surface area contributed by atoms with Crippen LogP contribution in [0.25, 0.3) is 0 Å². The van der Waals surface area contributed by atoms with E-state index < -0.39 is 9.04 Å². The zero-order valence-corrected chi connectivity index (χ0v) is 15.9. The molecule has 0 spiro atoms. The molecule has 0 amide bonds. The van der Waals surface area contributed by atoms with Crippen molar-refractivity contribution in [3.05, 3.63) is 85.0 Å². The maximum atomic E-state index is 6.69. The highest BCUT2D eigenvalue weighted by Gasteiger charge is 2.20. The van der Waals surface area contributed by atoms with Crippen LogP contribution in [0.15, 0.2) is 85.0 Å². The summed E-state index contributed by atoms with van der Waals surface area (Å²) in [4.78, 5) is 0. The predicted molar refractivity (Wildman–Crippen MR) is 108 cm³/mol. The summed E-state index contributed by atoms with van der Waals surface area (Å²) in [7, 11) is -1.68. The van der Waals surface area contributed by atoms with Gasteiger partial charge < -0.3 is 4.43 Å². The minimum atomic E-state index is -1.68.